The van der Waals surface area contributed by atoms with Gasteiger partial charge in [-0.05, 0) is 0 Å². The van der Waals surface area contributed by atoms with E-state index in [1.807, 2.05) is 0 Å². The van der Waals surface area contributed by atoms with Crippen LogP contribution in [0.5, 0.6) is 0 Å². The Labute approximate surface area is 27.5 Å². The van der Waals surface area contributed by atoms with Gasteiger partial charge in [-0.15, -0.1) is 0 Å². The summed E-state index contributed by atoms with van der Waals surface area (Å²) >= 11 is 0. The molecule has 0 saturated carbocycles. The molecule has 0 saturated heterocycles. The molecule has 3 nitrogen and oxygen atoms in total. The fourth-order valence-electron chi connectivity index (χ4n) is 0. The van der Waals surface area contributed by atoms with E-state index in [1.165, 1.54) is 0 Å². The summed E-state index contributed by atoms with van der Waals surface area (Å²) in [6, 6.07) is 0. The minimum Gasteiger partial charge on any atom is -0.328 e. The summed E-state index contributed by atoms with van der Waals surface area (Å²) in [6.07, 6.45) is 0. The highest BCUT2D eigenvalue weighted by Crippen LogP contribution is 2.11. The van der Waals surface area contributed by atoms with Gasteiger partial charge >= 0.3 is 11.5 Å². The lowest BCUT2D eigenvalue weighted by Crippen LogP contribution is -1.54. The van der Waals surface area contributed by atoms with Gasteiger partial charge in [0.1, 0.15) is 0 Å². The number of hydrogen-bond acceptors (Lipinski definition) is 3. The van der Waals surface area contributed by atoms with Crippen LogP contribution in [-0.4, -0.2) is 14.7 Å². The third kappa shape index (κ3) is 41.3. The molecule has 0 spiro atoms. The van der Waals surface area contributed by atoms with Crippen LogP contribution in [0.2, 0.25) is 0 Å². The van der Waals surface area contributed by atoms with Gasteiger partial charge in [0.25, 0.3) is 0 Å². The van der Waals surface area contributed by atoms with E-state index in [-0.39, 0.29) is 2.85 Å². The van der Waals surface area contributed by atoms with Gasteiger partial charge in [-0.3, -0.25) is 0 Å². The highest BCUT2D eigenvalue weighted by atomic mass is 31.2. The summed E-state index contributed by atoms with van der Waals surface area (Å²) in [5.74, 6) is 0. The Morgan fingerprint density at radius 1 is 1.25 bits per heavy atom. The topological polar surface area (TPSA) is 60.7 Å². The van der Waals surface area contributed by atoms with Crippen LogP contribution in [0.3, 0.4) is 0 Å². The Morgan fingerprint density at radius 3 is 1.25 bits per heavy atom. The fourth-order valence-corrected chi connectivity index (χ4v) is 0. The van der Waals surface area contributed by atoms with Crippen molar-refractivity contribution >= 4 is 8.60 Å². The predicted molar refractivity (Wildman–Crippen MR) is 15.8 cm³/mol. The second kappa shape index (κ2) is 1.61. The molecule has 26 valence electrons. The Balaban J connectivity index is -0.0000000450. The van der Waals surface area contributed by atoms with Crippen molar-refractivity contribution in [3.8, 4) is 0 Å². The summed E-state index contributed by atoms with van der Waals surface area (Å²) in [5, 5.41) is 0. The van der Waals surface area contributed by atoms with E-state index >= 15 is 0 Å². The molecule has 0 atom stereocenters. The molecule has 0 heterocycles. The van der Waals surface area contributed by atoms with E-state index in [9.17, 15) is 0 Å². The minimum absolute atomic E-state index is 0. The average molecular weight is 84.0 g/mol. The third-order valence-corrected chi connectivity index (χ3v) is 0. The van der Waals surface area contributed by atoms with Crippen molar-refractivity contribution < 1.29 is 17.5 Å². The third-order valence-electron chi connectivity index (χ3n) is 0. The van der Waals surface area contributed by atoms with E-state index < -0.39 is 8.60 Å². The zero-order valence-electron chi connectivity index (χ0n) is 3.79. The molecule has 0 unspecified atom stereocenters. The van der Waals surface area contributed by atoms with Crippen LogP contribution < -0.4 is 0 Å². The lowest BCUT2D eigenvalue weighted by Gasteiger charge is -1.76. The summed E-state index contributed by atoms with van der Waals surface area (Å²) in [4.78, 5) is 21.7. The van der Waals surface area contributed by atoms with Crippen molar-refractivity contribution in [1.82, 2.24) is 0 Å². The molecule has 0 aliphatic rings. The van der Waals surface area contributed by atoms with Crippen molar-refractivity contribution in [1.29, 1.82) is 0 Å². The van der Waals surface area contributed by atoms with Gasteiger partial charge in [-0.1, -0.05) is 0 Å². The van der Waals surface area contributed by atoms with Crippen LogP contribution in [0.4, 0.5) is 0 Å². The zero-order valence-corrected chi connectivity index (χ0v) is 2.68. The molecule has 0 aliphatic heterocycles. The minimum atomic E-state index is -2.62. The van der Waals surface area contributed by atoms with Crippen molar-refractivity contribution in [2.24, 2.45) is 0 Å². The fraction of sp³-hybridized carbons (Fsp3) is 0. The molecule has 0 fully saturated rings. The van der Waals surface area contributed by atoms with Crippen LogP contribution in [-0.2, 0) is 0 Å². The summed E-state index contributed by atoms with van der Waals surface area (Å²) < 4.78 is 0. The molecular weight excluding hydrogens is 79.0 g/mol. The second-order valence-corrected chi connectivity index (χ2v) is 0.805. The molecule has 0 rings (SSSR count). The molecule has 3 N–H and O–H groups in total. The maximum Gasteiger partial charge on any atom is 1.00 e. The molecule has 0 radical (unpaired) electrons. The molecule has 0 aliphatic carbocycles. The normalized spacial score (nSPS) is 9.00. The van der Waals surface area contributed by atoms with E-state index in [1.54, 1.807) is 0 Å². The average Bonchev–Trinajstić information content (AvgIpc) is 0.811. The van der Waals surface area contributed by atoms with Gasteiger partial charge in [-0.2, -0.15) is 0 Å². The first-order chi connectivity index (χ1) is 1.73. The highest BCUT2D eigenvalue weighted by Gasteiger charge is 1.76. The standard InChI is InChI=1S/H3O3P/c1-4(2)3/h1-3H/p+2. The van der Waals surface area contributed by atoms with Crippen molar-refractivity contribution in [3.63, 3.8) is 0 Å². The first-order valence-electron chi connectivity index (χ1n) is 0.600. The first kappa shape index (κ1) is 4.31. The van der Waals surface area contributed by atoms with Gasteiger partial charge in [-0.25, -0.2) is 0 Å². The monoisotopic (exact) mass is 84.0 g/mol. The van der Waals surface area contributed by atoms with Crippen molar-refractivity contribution in [2.75, 3.05) is 0 Å². The van der Waals surface area contributed by atoms with Crippen molar-refractivity contribution in [2.45, 2.75) is 0 Å². The summed E-state index contributed by atoms with van der Waals surface area (Å²) in [6.45, 7) is 0. The Bertz CT molecular complexity index is 13.5. The van der Waals surface area contributed by atoms with Gasteiger partial charge in [0.15, 0.2) is 0 Å². The lowest BCUT2D eigenvalue weighted by molar-refractivity contribution is 0.368. The zero-order chi connectivity index (χ0) is 3.58. The molecule has 0 bridgehead atoms. The van der Waals surface area contributed by atoms with E-state index in [4.69, 9.17) is 14.7 Å². The quantitative estimate of drug-likeness (QED) is 0.344. The van der Waals surface area contributed by atoms with Crippen LogP contribution in [0, 0.1) is 0 Å². The maximum atomic E-state index is 7.23. The van der Waals surface area contributed by atoms with Crippen LogP contribution >= 0.6 is 8.60 Å². The van der Waals surface area contributed by atoms with Crippen LogP contribution in [0.25, 0.3) is 0 Å². The predicted octanol–water partition coefficient (Wildman–Crippen LogP) is -0.585. The van der Waals surface area contributed by atoms with Crippen LogP contribution in [0.1, 0.15) is 2.85 Å². The molecule has 0 aromatic carbocycles. The first-order valence-corrected chi connectivity index (χ1v) is 1.80. The summed E-state index contributed by atoms with van der Waals surface area (Å²) in [7, 11) is -2.62. The maximum absolute atomic E-state index is 7.23. The Kier molecular flexibility index (Phi) is 1.74. The molecule has 4 heavy (non-hydrogen) atoms. The largest absolute Gasteiger partial charge is 1.00 e. The molecular formula is H5O3P+2. The highest BCUT2D eigenvalue weighted by molar-refractivity contribution is 7.38. The van der Waals surface area contributed by atoms with Gasteiger partial charge in [0, 0.05) is 0 Å². The summed E-state index contributed by atoms with van der Waals surface area (Å²) in [5.41, 5.74) is 0. The molecule has 4 heteroatoms. The lowest BCUT2D eigenvalue weighted by atomic mass is 15.8. The molecule has 0 amide bonds. The second-order valence-electron chi connectivity index (χ2n) is 0.268. The Morgan fingerprint density at radius 2 is 1.25 bits per heavy atom. The molecule has 0 aromatic heterocycles. The Hall–Kier alpha value is 0.310. The van der Waals surface area contributed by atoms with Gasteiger partial charge in [0.05, 0.1) is 0 Å². The van der Waals surface area contributed by atoms with Crippen molar-refractivity contribution in [3.05, 3.63) is 0 Å². The van der Waals surface area contributed by atoms with E-state index in [0.717, 1.165) is 0 Å². The van der Waals surface area contributed by atoms with Gasteiger partial charge < -0.3 is 14.7 Å². The van der Waals surface area contributed by atoms with E-state index in [0.29, 0.717) is 0 Å². The SMILES string of the molecule is OP(O)O.[H+].[H+]. The van der Waals surface area contributed by atoms with Gasteiger partial charge in [0.2, 0.25) is 0 Å². The molecule has 0 aromatic rings. The van der Waals surface area contributed by atoms with E-state index in [2.05, 4.69) is 0 Å². The number of rotatable bonds is 0. The number of hydrogen-bond donors (Lipinski definition) is 3. The van der Waals surface area contributed by atoms with Crippen LogP contribution in [0.15, 0.2) is 0 Å². The smallest absolute Gasteiger partial charge is 0.328 e.